The average Bonchev–Trinajstić information content (AvgIpc) is 2.92. The van der Waals surface area contributed by atoms with Gasteiger partial charge in [0.1, 0.15) is 11.9 Å². The van der Waals surface area contributed by atoms with Crippen LogP contribution < -0.4 is 10.0 Å². The van der Waals surface area contributed by atoms with Gasteiger partial charge in [0.05, 0.1) is 11.0 Å². The van der Waals surface area contributed by atoms with E-state index in [1.165, 1.54) is 25.3 Å². The summed E-state index contributed by atoms with van der Waals surface area (Å²) in [5.41, 5.74) is 0.498. The Bertz CT molecular complexity index is 801. The molecule has 1 aromatic carbocycles. The number of carbonyl (C=O) groups excluding carboxylic acids is 1. The van der Waals surface area contributed by atoms with E-state index < -0.39 is 16.1 Å². The zero-order valence-corrected chi connectivity index (χ0v) is 16.4. The van der Waals surface area contributed by atoms with E-state index in [1.807, 2.05) is 0 Å². The predicted molar refractivity (Wildman–Crippen MR) is 103 cm³/mol. The number of ether oxygens (including phenoxy) is 1. The molecule has 1 aliphatic carbocycles. The topological polar surface area (TPSA) is 96.9 Å². The van der Waals surface area contributed by atoms with Gasteiger partial charge in [-0.2, -0.15) is 0 Å². The summed E-state index contributed by atoms with van der Waals surface area (Å²) in [4.78, 5) is 16.7. The molecule has 2 N–H and O–H groups in total. The minimum atomic E-state index is -3.59. The normalized spacial score (nSPS) is 21.4. The van der Waals surface area contributed by atoms with E-state index in [2.05, 4.69) is 15.0 Å². The fourth-order valence-corrected chi connectivity index (χ4v) is 4.63. The van der Waals surface area contributed by atoms with Crippen LogP contribution in [0.25, 0.3) is 0 Å². The van der Waals surface area contributed by atoms with Gasteiger partial charge < -0.3 is 10.1 Å². The molecule has 148 valence electrons. The molecule has 1 aromatic rings. The van der Waals surface area contributed by atoms with Crippen molar-refractivity contribution in [2.24, 2.45) is 4.99 Å². The van der Waals surface area contributed by atoms with Crippen LogP contribution in [-0.2, 0) is 19.6 Å². The van der Waals surface area contributed by atoms with Crippen LogP contribution in [0, 0.1) is 0 Å². The molecule has 1 amide bonds. The number of nitrogens with zero attached hydrogens (tertiary/aromatic N) is 1. The number of aliphatic imine (C=N–C) groups is 1. The van der Waals surface area contributed by atoms with Gasteiger partial charge in [-0.05, 0) is 38.3 Å². The summed E-state index contributed by atoms with van der Waals surface area (Å²) >= 11 is 0. The van der Waals surface area contributed by atoms with Crippen molar-refractivity contribution in [2.45, 2.75) is 62.5 Å². The van der Waals surface area contributed by atoms with Gasteiger partial charge in [-0.1, -0.05) is 31.4 Å². The number of carbonyl (C=O) groups is 1. The molecule has 2 aliphatic rings. The van der Waals surface area contributed by atoms with Crippen molar-refractivity contribution < 1.29 is 17.9 Å². The molecule has 27 heavy (non-hydrogen) atoms. The highest BCUT2D eigenvalue weighted by molar-refractivity contribution is 7.90. The van der Waals surface area contributed by atoms with E-state index in [4.69, 9.17) is 4.74 Å². The highest BCUT2D eigenvalue weighted by atomic mass is 32.2. The van der Waals surface area contributed by atoms with Crippen molar-refractivity contribution in [3.8, 4) is 0 Å². The number of hydrogen-bond acceptors (Lipinski definition) is 5. The lowest BCUT2D eigenvalue weighted by atomic mass is 9.98. The third-order valence-electron chi connectivity index (χ3n) is 4.89. The lowest BCUT2D eigenvalue weighted by molar-refractivity contribution is -0.121. The standard InChI is InChI=1S/C19H27N3O4S/c1-14(19(23)20-12-7-13-26-15-8-3-2-4-9-15)21-18-16-10-5-6-11-17(16)27(24,25)22-18/h5-6,10-11,14-15H,2-4,7-9,12-13H2,1H3,(H,20,23)(H,21,22)/t14-/m0/s1. The van der Waals surface area contributed by atoms with Crippen molar-refractivity contribution in [2.75, 3.05) is 13.2 Å². The molecule has 0 unspecified atom stereocenters. The van der Waals surface area contributed by atoms with E-state index >= 15 is 0 Å². The lowest BCUT2D eigenvalue weighted by Gasteiger charge is -2.22. The second kappa shape index (κ2) is 8.84. The van der Waals surface area contributed by atoms with Crippen LogP contribution in [0.1, 0.15) is 51.0 Å². The molecule has 1 atom stereocenters. The third-order valence-corrected chi connectivity index (χ3v) is 6.29. The fourth-order valence-electron chi connectivity index (χ4n) is 3.40. The number of nitrogens with one attached hydrogen (secondary N) is 2. The maximum absolute atomic E-state index is 12.2. The summed E-state index contributed by atoms with van der Waals surface area (Å²) < 4.78 is 32.4. The molecular weight excluding hydrogens is 366 g/mol. The maximum Gasteiger partial charge on any atom is 0.263 e. The van der Waals surface area contributed by atoms with E-state index in [-0.39, 0.29) is 16.6 Å². The molecule has 1 fully saturated rings. The first kappa shape index (κ1) is 19.8. The van der Waals surface area contributed by atoms with Crippen molar-refractivity contribution in [1.82, 2.24) is 10.0 Å². The predicted octanol–water partition coefficient (Wildman–Crippen LogP) is 1.97. The molecule has 7 nitrogen and oxygen atoms in total. The van der Waals surface area contributed by atoms with Crippen LogP contribution in [-0.4, -0.2) is 45.5 Å². The molecule has 1 heterocycles. The van der Waals surface area contributed by atoms with Crippen molar-refractivity contribution in [1.29, 1.82) is 0 Å². The Balaban J connectivity index is 1.46. The van der Waals surface area contributed by atoms with Gasteiger partial charge in [0.25, 0.3) is 10.0 Å². The molecule has 0 bridgehead atoms. The van der Waals surface area contributed by atoms with Crippen LogP contribution in [0.2, 0.25) is 0 Å². The van der Waals surface area contributed by atoms with E-state index in [1.54, 1.807) is 25.1 Å². The zero-order valence-electron chi connectivity index (χ0n) is 15.6. The van der Waals surface area contributed by atoms with Crippen LogP contribution in [0.15, 0.2) is 34.2 Å². The third kappa shape index (κ3) is 5.07. The first-order chi connectivity index (χ1) is 13.0. The number of fused-ring (bicyclic) bond motifs is 1. The van der Waals surface area contributed by atoms with Crippen LogP contribution in [0.5, 0.6) is 0 Å². The summed E-state index contributed by atoms with van der Waals surface area (Å²) in [5.74, 6) is -0.0161. The Kier molecular flexibility index (Phi) is 6.49. The summed E-state index contributed by atoms with van der Waals surface area (Å²) in [6.45, 7) is 2.81. The quantitative estimate of drug-likeness (QED) is 0.692. The molecule has 0 saturated heterocycles. The summed E-state index contributed by atoms with van der Waals surface area (Å²) in [6, 6.07) is 5.92. The summed E-state index contributed by atoms with van der Waals surface area (Å²) in [5, 5.41) is 2.84. The molecule has 1 aliphatic heterocycles. The van der Waals surface area contributed by atoms with Crippen LogP contribution >= 0.6 is 0 Å². The number of sulfonamides is 1. The largest absolute Gasteiger partial charge is 0.378 e. The summed E-state index contributed by atoms with van der Waals surface area (Å²) in [6.07, 6.45) is 7.18. The molecule has 0 radical (unpaired) electrons. The van der Waals surface area contributed by atoms with Crippen LogP contribution in [0.4, 0.5) is 0 Å². The highest BCUT2D eigenvalue weighted by Crippen LogP contribution is 2.22. The minimum Gasteiger partial charge on any atom is -0.378 e. The van der Waals surface area contributed by atoms with Crippen LogP contribution in [0.3, 0.4) is 0 Å². The average molecular weight is 394 g/mol. The molecular formula is C19H27N3O4S. The van der Waals surface area contributed by atoms with Gasteiger partial charge in [-0.15, -0.1) is 0 Å². The van der Waals surface area contributed by atoms with Crippen molar-refractivity contribution in [3.63, 3.8) is 0 Å². The highest BCUT2D eigenvalue weighted by Gasteiger charge is 2.31. The lowest BCUT2D eigenvalue weighted by Crippen LogP contribution is -2.35. The van der Waals surface area contributed by atoms with Crippen molar-refractivity contribution >= 4 is 21.8 Å². The Labute approximate surface area is 160 Å². The zero-order chi connectivity index (χ0) is 19.3. The minimum absolute atomic E-state index is 0.191. The van der Waals surface area contributed by atoms with E-state index in [0.29, 0.717) is 24.8 Å². The second-order valence-corrected chi connectivity index (χ2v) is 8.68. The number of benzene rings is 1. The number of amides is 1. The molecule has 0 spiro atoms. The van der Waals surface area contributed by atoms with E-state index in [0.717, 1.165) is 19.3 Å². The second-order valence-electron chi connectivity index (χ2n) is 7.03. The molecule has 8 heteroatoms. The summed E-state index contributed by atoms with van der Waals surface area (Å²) in [7, 11) is -3.59. The molecule has 0 aromatic heterocycles. The Morgan fingerprint density at radius 3 is 2.81 bits per heavy atom. The van der Waals surface area contributed by atoms with E-state index in [9.17, 15) is 13.2 Å². The number of amidine groups is 1. The maximum atomic E-state index is 12.2. The number of rotatable bonds is 7. The van der Waals surface area contributed by atoms with Gasteiger partial charge in [-0.3, -0.25) is 14.5 Å². The van der Waals surface area contributed by atoms with Gasteiger partial charge >= 0.3 is 0 Å². The Hall–Kier alpha value is -1.93. The first-order valence-corrected chi connectivity index (χ1v) is 11.0. The van der Waals surface area contributed by atoms with Gasteiger partial charge in [0, 0.05) is 18.7 Å². The van der Waals surface area contributed by atoms with Crippen molar-refractivity contribution in [3.05, 3.63) is 29.8 Å². The Morgan fingerprint density at radius 1 is 1.30 bits per heavy atom. The Morgan fingerprint density at radius 2 is 2.04 bits per heavy atom. The fraction of sp³-hybridized carbons (Fsp3) is 0.579. The van der Waals surface area contributed by atoms with Gasteiger partial charge in [0.15, 0.2) is 0 Å². The smallest absolute Gasteiger partial charge is 0.263 e. The molecule has 3 rings (SSSR count). The monoisotopic (exact) mass is 393 g/mol. The van der Waals surface area contributed by atoms with Gasteiger partial charge in [-0.25, -0.2) is 8.42 Å². The van der Waals surface area contributed by atoms with Gasteiger partial charge in [0.2, 0.25) is 5.91 Å². The number of hydrogen-bond donors (Lipinski definition) is 2. The SMILES string of the molecule is C[C@H](N=C1NS(=O)(=O)c2ccccc21)C(=O)NCCCOC1CCCCC1. The molecule has 1 saturated carbocycles. The first-order valence-electron chi connectivity index (χ1n) is 9.57.